The van der Waals surface area contributed by atoms with Crippen molar-refractivity contribution in [2.24, 2.45) is 0 Å². The lowest BCUT2D eigenvalue weighted by molar-refractivity contribution is 0.436. The van der Waals surface area contributed by atoms with E-state index in [4.69, 9.17) is 0 Å². The molecule has 0 amide bonds. The van der Waals surface area contributed by atoms with E-state index in [-0.39, 0.29) is 5.56 Å². The highest BCUT2D eigenvalue weighted by Crippen LogP contribution is 2.21. The zero-order chi connectivity index (χ0) is 10.7. The summed E-state index contributed by atoms with van der Waals surface area (Å²) in [6, 6.07) is 1.56. The molecule has 1 atom stereocenters. The Morgan fingerprint density at radius 2 is 1.93 bits per heavy atom. The van der Waals surface area contributed by atoms with E-state index in [9.17, 15) is 13.2 Å². The van der Waals surface area contributed by atoms with Crippen molar-refractivity contribution in [3.63, 3.8) is 0 Å². The second kappa shape index (κ2) is 4.28. The molecule has 14 heavy (non-hydrogen) atoms. The Labute approximate surface area is 80.2 Å². The molecule has 1 aromatic rings. The van der Waals surface area contributed by atoms with Gasteiger partial charge in [0.1, 0.15) is 0 Å². The molecule has 0 heterocycles. The maximum absolute atomic E-state index is 13.2. The largest absolute Gasteiger partial charge is 0.310 e. The highest BCUT2D eigenvalue weighted by Gasteiger charge is 2.17. The molecule has 0 saturated heterocycles. The van der Waals surface area contributed by atoms with Gasteiger partial charge in [0, 0.05) is 5.56 Å². The first-order valence-electron chi connectivity index (χ1n) is 4.05. The molecule has 1 unspecified atom stereocenters. The van der Waals surface area contributed by atoms with Crippen molar-refractivity contribution in [3.05, 3.63) is 47.8 Å². The van der Waals surface area contributed by atoms with E-state index >= 15 is 0 Å². The Hall–Kier alpha value is -1.29. The fourth-order valence-electron chi connectivity index (χ4n) is 1.18. The average Bonchev–Trinajstić information content (AvgIpc) is 2.19. The fourth-order valence-corrected chi connectivity index (χ4v) is 1.18. The Morgan fingerprint density at radius 1 is 1.29 bits per heavy atom. The number of hydrogen-bond donors (Lipinski definition) is 1. The van der Waals surface area contributed by atoms with Crippen molar-refractivity contribution in [2.45, 2.75) is 6.04 Å². The standard InChI is InChI=1S/C10H10F3N/c1-3-8(14-2)6-4-5-7(11)10(13)9(6)12/h3-5,8,14H,1H2,2H3. The number of hydrogen-bond acceptors (Lipinski definition) is 1. The van der Waals surface area contributed by atoms with Crippen LogP contribution in [-0.4, -0.2) is 7.05 Å². The van der Waals surface area contributed by atoms with Crippen LogP contribution in [0.2, 0.25) is 0 Å². The van der Waals surface area contributed by atoms with Crippen LogP contribution >= 0.6 is 0 Å². The van der Waals surface area contributed by atoms with Gasteiger partial charge < -0.3 is 5.32 Å². The minimum atomic E-state index is -1.45. The topological polar surface area (TPSA) is 12.0 Å². The van der Waals surface area contributed by atoms with E-state index in [2.05, 4.69) is 11.9 Å². The highest BCUT2D eigenvalue weighted by molar-refractivity contribution is 5.26. The average molecular weight is 201 g/mol. The quantitative estimate of drug-likeness (QED) is 0.585. The summed E-state index contributed by atoms with van der Waals surface area (Å²) in [6.07, 6.45) is 1.41. The lowest BCUT2D eigenvalue weighted by Crippen LogP contribution is -2.16. The molecular weight excluding hydrogens is 191 g/mol. The molecule has 76 valence electrons. The van der Waals surface area contributed by atoms with Gasteiger partial charge in [-0.3, -0.25) is 0 Å². The van der Waals surface area contributed by atoms with Crippen LogP contribution in [0.5, 0.6) is 0 Å². The van der Waals surface area contributed by atoms with Gasteiger partial charge in [0.15, 0.2) is 17.5 Å². The third-order valence-electron chi connectivity index (χ3n) is 1.95. The van der Waals surface area contributed by atoms with E-state index in [0.717, 1.165) is 6.07 Å². The van der Waals surface area contributed by atoms with Gasteiger partial charge in [-0.15, -0.1) is 6.58 Å². The van der Waals surface area contributed by atoms with E-state index < -0.39 is 23.5 Å². The van der Waals surface area contributed by atoms with Gasteiger partial charge in [-0.05, 0) is 13.1 Å². The summed E-state index contributed by atoms with van der Waals surface area (Å²) >= 11 is 0. The molecule has 1 N–H and O–H groups in total. The van der Waals surface area contributed by atoms with Crippen molar-refractivity contribution < 1.29 is 13.2 Å². The summed E-state index contributed by atoms with van der Waals surface area (Å²) in [7, 11) is 1.58. The lowest BCUT2D eigenvalue weighted by atomic mass is 10.1. The van der Waals surface area contributed by atoms with Gasteiger partial charge in [-0.2, -0.15) is 0 Å². The Bertz CT molecular complexity index is 349. The smallest absolute Gasteiger partial charge is 0.194 e. The molecule has 0 aromatic heterocycles. The van der Waals surface area contributed by atoms with Crippen LogP contribution in [0.15, 0.2) is 24.8 Å². The normalized spacial score (nSPS) is 12.6. The summed E-state index contributed by atoms with van der Waals surface area (Å²) in [6.45, 7) is 3.46. The van der Waals surface area contributed by atoms with Crippen LogP contribution in [-0.2, 0) is 0 Å². The van der Waals surface area contributed by atoms with Crippen LogP contribution < -0.4 is 5.32 Å². The lowest BCUT2D eigenvalue weighted by Gasteiger charge is -2.12. The van der Waals surface area contributed by atoms with Crippen LogP contribution in [0.25, 0.3) is 0 Å². The maximum Gasteiger partial charge on any atom is 0.194 e. The monoisotopic (exact) mass is 201 g/mol. The Kier molecular flexibility index (Phi) is 3.30. The fraction of sp³-hybridized carbons (Fsp3) is 0.200. The van der Waals surface area contributed by atoms with Gasteiger partial charge in [-0.25, -0.2) is 13.2 Å². The minimum Gasteiger partial charge on any atom is -0.310 e. The van der Waals surface area contributed by atoms with Gasteiger partial charge >= 0.3 is 0 Å². The zero-order valence-corrected chi connectivity index (χ0v) is 7.65. The summed E-state index contributed by atoms with van der Waals surface area (Å²) in [4.78, 5) is 0. The van der Waals surface area contributed by atoms with Gasteiger partial charge in [0.05, 0.1) is 6.04 Å². The number of likely N-dealkylation sites (N-methyl/N-ethyl adjacent to an activating group) is 1. The number of benzene rings is 1. The van der Waals surface area contributed by atoms with E-state index in [1.807, 2.05) is 0 Å². The summed E-state index contributed by atoms with van der Waals surface area (Å²) < 4.78 is 38.6. The first-order chi connectivity index (χ1) is 6.61. The first kappa shape index (κ1) is 10.8. The third kappa shape index (κ3) is 1.80. The Morgan fingerprint density at radius 3 is 2.43 bits per heavy atom. The SMILES string of the molecule is C=CC(NC)c1ccc(F)c(F)c1F. The number of rotatable bonds is 3. The third-order valence-corrected chi connectivity index (χ3v) is 1.95. The molecule has 1 nitrogen and oxygen atoms in total. The van der Waals surface area contributed by atoms with E-state index in [1.165, 1.54) is 12.1 Å². The summed E-state index contributed by atoms with van der Waals surface area (Å²) in [5.74, 6) is -3.82. The van der Waals surface area contributed by atoms with E-state index in [1.54, 1.807) is 7.05 Å². The minimum absolute atomic E-state index is 0.0430. The molecule has 0 spiro atoms. The second-order valence-corrected chi connectivity index (χ2v) is 2.77. The van der Waals surface area contributed by atoms with E-state index in [0.29, 0.717) is 0 Å². The molecule has 0 bridgehead atoms. The predicted molar refractivity (Wildman–Crippen MR) is 48.3 cm³/mol. The molecule has 0 saturated carbocycles. The second-order valence-electron chi connectivity index (χ2n) is 2.77. The zero-order valence-electron chi connectivity index (χ0n) is 7.65. The van der Waals surface area contributed by atoms with Crippen LogP contribution in [0.3, 0.4) is 0 Å². The van der Waals surface area contributed by atoms with Crippen molar-refractivity contribution in [1.29, 1.82) is 0 Å². The van der Waals surface area contributed by atoms with Crippen molar-refractivity contribution >= 4 is 0 Å². The molecule has 1 rings (SSSR count). The highest BCUT2D eigenvalue weighted by atomic mass is 19.2. The number of halogens is 3. The van der Waals surface area contributed by atoms with Crippen molar-refractivity contribution in [1.82, 2.24) is 5.32 Å². The van der Waals surface area contributed by atoms with Crippen LogP contribution in [0, 0.1) is 17.5 Å². The molecule has 0 aliphatic heterocycles. The van der Waals surface area contributed by atoms with Crippen molar-refractivity contribution in [2.75, 3.05) is 7.05 Å². The Balaban J connectivity index is 3.22. The first-order valence-corrected chi connectivity index (χ1v) is 4.05. The van der Waals surface area contributed by atoms with Gasteiger partial charge in [0.25, 0.3) is 0 Å². The molecule has 0 aliphatic carbocycles. The predicted octanol–water partition coefficient (Wildman–Crippen LogP) is 2.55. The maximum atomic E-state index is 13.2. The molecule has 4 heteroatoms. The number of nitrogens with one attached hydrogen (secondary N) is 1. The molecule has 0 aliphatic rings. The van der Waals surface area contributed by atoms with Crippen molar-refractivity contribution in [3.8, 4) is 0 Å². The van der Waals surface area contributed by atoms with Gasteiger partial charge in [-0.1, -0.05) is 12.1 Å². The van der Waals surface area contributed by atoms with Gasteiger partial charge in [0.2, 0.25) is 0 Å². The molecular formula is C10H10F3N. The molecule has 0 fully saturated rings. The summed E-state index contributed by atoms with van der Waals surface area (Å²) in [5, 5.41) is 2.71. The van der Waals surface area contributed by atoms with Crippen LogP contribution in [0.1, 0.15) is 11.6 Å². The van der Waals surface area contributed by atoms with Crippen LogP contribution in [0.4, 0.5) is 13.2 Å². The molecule has 1 aromatic carbocycles. The summed E-state index contributed by atoms with van der Waals surface area (Å²) in [5.41, 5.74) is 0.0430. The molecule has 0 radical (unpaired) electrons.